The van der Waals surface area contributed by atoms with Gasteiger partial charge in [-0.3, -0.25) is 15.0 Å². The molecule has 162 valence electrons. The van der Waals surface area contributed by atoms with Crippen LogP contribution >= 0.6 is 0 Å². The van der Waals surface area contributed by atoms with Gasteiger partial charge in [0.25, 0.3) is 5.69 Å². The molecule has 1 fully saturated rings. The number of rotatable bonds is 8. The van der Waals surface area contributed by atoms with Crippen molar-refractivity contribution in [2.24, 2.45) is 5.14 Å². The van der Waals surface area contributed by atoms with Crippen molar-refractivity contribution in [3.05, 3.63) is 58.1 Å². The minimum absolute atomic E-state index is 0.000253. The number of nitro benzene ring substituents is 1. The largest absolute Gasteiger partial charge is 0.497 e. The highest BCUT2D eigenvalue weighted by Crippen LogP contribution is 2.29. The minimum Gasteiger partial charge on any atom is -0.497 e. The smallest absolute Gasteiger partial charge is 0.270 e. The Hall–Kier alpha value is -2.69. The fourth-order valence-corrected chi connectivity index (χ4v) is 4.46. The topological polar surface area (TPSA) is 128 Å². The monoisotopic (exact) mass is 434 g/mol. The summed E-state index contributed by atoms with van der Waals surface area (Å²) in [5.74, 6) is 0.760. The predicted molar refractivity (Wildman–Crippen MR) is 114 cm³/mol. The van der Waals surface area contributed by atoms with Gasteiger partial charge in [0.1, 0.15) is 10.6 Å². The van der Waals surface area contributed by atoms with Crippen molar-refractivity contribution in [1.82, 2.24) is 4.90 Å². The van der Waals surface area contributed by atoms with Crippen molar-refractivity contribution in [2.75, 3.05) is 32.1 Å². The summed E-state index contributed by atoms with van der Waals surface area (Å²) >= 11 is 0. The van der Waals surface area contributed by atoms with Crippen LogP contribution in [0.4, 0.5) is 11.4 Å². The molecule has 0 bridgehead atoms. The zero-order valence-electron chi connectivity index (χ0n) is 16.8. The molecule has 0 amide bonds. The highest BCUT2D eigenvalue weighted by Gasteiger charge is 2.24. The maximum absolute atomic E-state index is 12.0. The summed E-state index contributed by atoms with van der Waals surface area (Å²) in [6.07, 6.45) is 3.40. The van der Waals surface area contributed by atoms with E-state index in [0.29, 0.717) is 6.54 Å². The molecule has 0 saturated carbocycles. The standard InChI is InChI=1S/C20H26N4O5S/c1-29-17-8-5-15(6-9-17)19(23-11-3-2-4-12-23)14-22-18-10-7-16(24(25)26)13-20(18)30(21,27)28/h5-10,13,19,22H,2-4,11-12,14H2,1H3,(H2,21,27,28). The second-order valence-electron chi connectivity index (χ2n) is 7.25. The van der Waals surface area contributed by atoms with Crippen LogP contribution in [0.15, 0.2) is 47.4 Å². The number of likely N-dealkylation sites (tertiary alicyclic amines) is 1. The van der Waals surface area contributed by atoms with Gasteiger partial charge < -0.3 is 10.1 Å². The lowest BCUT2D eigenvalue weighted by atomic mass is 10.0. The number of nitrogens with zero attached hydrogens (tertiary/aromatic N) is 2. The molecule has 1 saturated heterocycles. The Balaban J connectivity index is 1.88. The van der Waals surface area contributed by atoms with Crippen molar-refractivity contribution in [3.63, 3.8) is 0 Å². The number of piperidine rings is 1. The zero-order chi connectivity index (χ0) is 21.7. The number of ether oxygens (including phenoxy) is 1. The molecule has 1 heterocycles. The fourth-order valence-electron chi connectivity index (χ4n) is 3.73. The molecule has 1 aliphatic rings. The van der Waals surface area contributed by atoms with E-state index in [1.165, 1.54) is 18.6 Å². The number of sulfonamides is 1. The highest BCUT2D eigenvalue weighted by molar-refractivity contribution is 7.89. The molecule has 0 spiro atoms. The van der Waals surface area contributed by atoms with E-state index in [9.17, 15) is 18.5 Å². The Morgan fingerprint density at radius 3 is 2.40 bits per heavy atom. The number of nitrogens with one attached hydrogen (secondary N) is 1. The first-order chi connectivity index (χ1) is 14.3. The van der Waals surface area contributed by atoms with Gasteiger partial charge in [-0.25, -0.2) is 13.6 Å². The van der Waals surface area contributed by atoms with Crippen LogP contribution in [-0.4, -0.2) is 45.0 Å². The van der Waals surface area contributed by atoms with Crippen molar-refractivity contribution in [3.8, 4) is 5.75 Å². The first-order valence-electron chi connectivity index (χ1n) is 9.72. The summed E-state index contributed by atoms with van der Waals surface area (Å²) in [5, 5.41) is 19.5. The van der Waals surface area contributed by atoms with Gasteiger partial charge in [0.05, 0.1) is 23.8 Å². The van der Waals surface area contributed by atoms with Gasteiger partial charge in [-0.1, -0.05) is 18.6 Å². The molecule has 9 nitrogen and oxygen atoms in total. The lowest BCUT2D eigenvalue weighted by Crippen LogP contribution is -2.37. The summed E-state index contributed by atoms with van der Waals surface area (Å²) in [7, 11) is -2.52. The molecule has 2 aromatic rings. The number of anilines is 1. The van der Waals surface area contributed by atoms with Gasteiger partial charge in [0, 0.05) is 18.7 Å². The van der Waals surface area contributed by atoms with Gasteiger partial charge in [0.15, 0.2) is 0 Å². The number of nitro groups is 1. The van der Waals surface area contributed by atoms with Gasteiger partial charge in [-0.15, -0.1) is 0 Å². The summed E-state index contributed by atoms with van der Waals surface area (Å²) < 4.78 is 29.3. The predicted octanol–water partition coefficient (Wildman–Crippen LogP) is 2.89. The molecular weight excluding hydrogens is 408 g/mol. The molecule has 30 heavy (non-hydrogen) atoms. The van der Waals surface area contributed by atoms with Crippen LogP contribution in [0.5, 0.6) is 5.75 Å². The average molecular weight is 435 g/mol. The van der Waals surface area contributed by atoms with Crippen LogP contribution < -0.4 is 15.2 Å². The Morgan fingerprint density at radius 2 is 1.83 bits per heavy atom. The van der Waals surface area contributed by atoms with Crippen molar-refractivity contribution < 1.29 is 18.1 Å². The normalized spacial score (nSPS) is 16.1. The summed E-state index contributed by atoms with van der Waals surface area (Å²) in [5.41, 5.74) is 0.996. The number of hydrogen-bond donors (Lipinski definition) is 2. The SMILES string of the molecule is COc1ccc(C(CNc2ccc([N+](=O)[O-])cc2S(N)(=O)=O)N2CCCCC2)cc1. The third-order valence-electron chi connectivity index (χ3n) is 5.30. The van der Waals surface area contributed by atoms with Crippen LogP contribution in [0, 0.1) is 10.1 Å². The molecule has 1 aliphatic heterocycles. The Morgan fingerprint density at radius 1 is 1.17 bits per heavy atom. The van der Waals surface area contributed by atoms with E-state index in [4.69, 9.17) is 9.88 Å². The van der Waals surface area contributed by atoms with E-state index < -0.39 is 14.9 Å². The summed E-state index contributed by atoms with van der Waals surface area (Å²) in [6.45, 7) is 2.31. The van der Waals surface area contributed by atoms with Gasteiger partial charge in [0.2, 0.25) is 10.0 Å². The molecule has 10 heteroatoms. The Kier molecular flexibility index (Phi) is 6.91. The molecule has 1 atom stereocenters. The van der Waals surface area contributed by atoms with Crippen LogP contribution in [0.3, 0.4) is 0 Å². The van der Waals surface area contributed by atoms with E-state index in [-0.39, 0.29) is 22.3 Å². The molecule has 0 radical (unpaired) electrons. The molecule has 3 N–H and O–H groups in total. The number of benzene rings is 2. The first kappa shape index (κ1) is 22.0. The second kappa shape index (κ2) is 9.41. The van der Waals surface area contributed by atoms with E-state index in [1.54, 1.807) is 7.11 Å². The van der Waals surface area contributed by atoms with Crippen LogP contribution in [0.2, 0.25) is 0 Å². The second-order valence-corrected chi connectivity index (χ2v) is 8.78. The van der Waals surface area contributed by atoms with E-state index in [2.05, 4.69) is 10.2 Å². The lowest BCUT2D eigenvalue weighted by Gasteiger charge is -2.35. The third-order valence-corrected chi connectivity index (χ3v) is 6.25. The number of non-ortho nitro benzene ring substituents is 1. The number of methoxy groups -OCH3 is 1. The average Bonchev–Trinajstić information content (AvgIpc) is 2.74. The van der Waals surface area contributed by atoms with Gasteiger partial charge in [-0.2, -0.15) is 0 Å². The van der Waals surface area contributed by atoms with Crippen LogP contribution in [-0.2, 0) is 10.0 Å². The van der Waals surface area contributed by atoms with Crippen LogP contribution in [0.25, 0.3) is 0 Å². The Labute approximate surface area is 176 Å². The quantitative estimate of drug-likeness (QED) is 0.483. The summed E-state index contributed by atoms with van der Waals surface area (Å²) in [6, 6.07) is 11.4. The summed E-state index contributed by atoms with van der Waals surface area (Å²) in [4.78, 5) is 12.5. The van der Waals surface area contributed by atoms with Crippen molar-refractivity contribution >= 4 is 21.4 Å². The first-order valence-corrected chi connectivity index (χ1v) is 11.3. The van der Waals surface area contributed by atoms with Crippen LogP contribution in [0.1, 0.15) is 30.9 Å². The molecule has 0 aromatic heterocycles. The molecule has 0 aliphatic carbocycles. The highest BCUT2D eigenvalue weighted by atomic mass is 32.2. The molecule has 2 aromatic carbocycles. The lowest BCUT2D eigenvalue weighted by molar-refractivity contribution is -0.385. The van der Waals surface area contributed by atoms with Gasteiger partial charge in [-0.05, 0) is 49.7 Å². The maximum atomic E-state index is 12.0. The fraction of sp³-hybridized carbons (Fsp3) is 0.400. The Bertz CT molecular complexity index is 989. The van der Waals surface area contributed by atoms with E-state index >= 15 is 0 Å². The van der Waals surface area contributed by atoms with Gasteiger partial charge >= 0.3 is 0 Å². The maximum Gasteiger partial charge on any atom is 0.270 e. The zero-order valence-corrected chi connectivity index (χ0v) is 17.6. The molecule has 1 unspecified atom stereocenters. The molecule has 3 rings (SSSR count). The van der Waals surface area contributed by atoms with Crippen molar-refractivity contribution in [2.45, 2.75) is 30.2 Å². The minimum atomic E-state index is -4.13. The van der Waals surface area contributed by atoms with Crippen molar-refractivity contribution in [1.29, 1.82) is 0 Å². The number of hydrogen-bond acceptors (Lipinski definition) is 7. The molecular formula is C20H26N4O5S. The van der Waals surface area contributed by atoms with E-state index in [1.807, 2.05) is 24.3 Å². The number of nitrogens with two attached hydrogens (primary N) is 1. The van der Waals surface area contributed by atoms with E-state index in [0.717, 1.165) is 43.3 Å². The number of primary sulfonamides is 1. The third kappa shape index (κ3) is 5.26.